The molecule has 2 rings (SSSR count). The lowest BCUT2D eigenvalue weighted by Gasteiger charge is -2.30. The highest BCUT2D eigenvalue weighted by atomic mass is 15.1. The summed E-state index contributed by atoms with van der Waals surface area (Å²) in [6, 6.07) is 0. The molecule has 1 saturated heterocycles. The van der Waals surface area contributed by atoms with Crippen molar-refractivity contribution >= 4 is 0 Å². The fourth-order valence-electron chi connectivity index (χ4n) is 2.48. The van der Waals surface area contributed by atoms with Crippen LogP contribution < -0.4 is 5.32 Å². The van der Waals surface area contributed by atoms with Crippen LogP contribution in [0.25, 0.3) is 0 Å². The molecule has 0 atom stereocenters. The summed E-state index contributed by atoms with van der Waals surface area (Å²) in [7, 11) is 0. The van der Waals surface area contributed by atoms with Gasteiger partial charge in [-0.1, -0.05) is 18.6 Å². The Morgan fingerprint density at radius 3 is 2.87 bits per heavy atom. The van der Waals surface area contributed by atoms with Gasteiger partial charge in [-0.05, 0) is 51.2 Å². The number of rotatable bonds is 3. The topological polar surface area (TPSA) is 15.3 Å². The summed E-state index contributed by atoms with van der Waals surface area (Å²) >= 11 is 0. The van der Waals surface area contributed by atoms with Crippen molar-refractivity contribution in [3.63, 3.8) is 0 Å². The normalized spacial score (nSPS) is 25.3. The summed E-state index contributed by atoms with van der Waals surface area (Å²) in [5.74, 6) is 0.958. The molecule has 0 aliphatic carbocycles. The molecule has 1 fully saturated rings. The number of nitrogens with one attached hydrogen (secondary N) is 1. The van der Waals surface area contributed by atoms with Crippen LogP contribution in [-0.2, 0) is 0 Å². The third kappa shape index (κ3) is 3.62. The van der Waals surface area contributed by atoms with Gasteiger partial charge in [0.05, 0.1) is 0 Å². The first kappa shape index (κ1) is 11.2. The van der Waals surface area contributed by atoms with Crippen LogP contribution >= 0.6 is 0 Å². The van der Waals surface area contributed by atoms with E-state index in [0.717, 1.165) is 12.5 Å². The van der Waals surface area contributed by atoms with Gasteiger partial charge in [-0.3, -0.25) is 0 Å². The largest absolute Gasteiger partial charge is 0.313 e. The van der Waals surface area contributed by atoms with Crippen molar-refractivity contribution in [2.75, 3.05) is 32.7 Å². The first-order valence-electron chi connectivity index (χ1n) is 6.45. The van der Waals surface area contributed by atoms with Crippen molar-refractivity contribution in [2.45, 2.75) is 32.6 Å². The van der Waals surface area contributed by atoms with E-state index in [2.05, 4.69) is 23.2 Å². The molecule has 86 valence electrons. The van der Waals surface area contributed by atoms with E-state index >= 15 is 0 Å². The van der Waals surface area contributed by atoms with Crippen LogP contribution in [0.4, 0.5) is 0 Å². The zero-order valence-electron chi connectivity index (χ0n) is 9.97. The number of hydrogen-bond donors (Lipinski definition) is 1. The van der Waals surface area contributed by atoms with Crippen molar-refractivity contribution in [1.29, 1.82) is 0 Å². The maximum absolute atomic E-state index is 3.37. The quantitative estimate of drug-likeness (QED) is 0.714. The highest BCUT2D eigenvalue weighted by Gasteiger charge is 2.15. The molecule has 2 heteroatoms. The molecule has 2 aliphatic rings. The van der Waals surface area contributed by atoms with Gasteiger partial charge in [-0.25, -0.2) is 0 Å². The summed E-state index contributed by atoms with van der Waals surface area (Å²) in [4.78, 5) is 2.64. The van der Waals surface area contributed by atoms with Gasteiger partial charge in [0.15, 0.2) is 0 Å². The SMILES string of the molecule is CC1CCN(CCC2=CCNCC2)CC1. The van der Waals surface area contributed by atoms with Crippen LogP contribution in [-0.4, -0.2) is 37.6 Å². The molecule has 0 amide bonds. The van der Waals surface area contributed by atoms with Crippen LogP contribution in [0.1, 0.15) is 32.6 Å². The minimum absolute atomic E-state index is 0.958. The van der Waals surface area contributed by atoms with E-state index in [-0.39, 0.29) is 0 Å². The molecule has 2 heterocycles. The molecular weight excluding hydrogens is 184 g/mol. The molecule has 0 bridgehead atoms. The zero-order valence-corrected chi connectivity index (χ0v) is 9.97. The number of likely N-dealkylation sites (tertiary alicyclic amines) is 1. The minimum atomic E-state index is 0.958. The lowest BCUT2D eigenvalue weighted by Crippen LogP contribution is -2.34. The van der Waals surface area contributed by atoms with Crippen LogP contribution in [0.3, 0.4) is 0 Å². The van der Waals surface area contributed by atoms with Gasteiger partial charge in [-0.2, -0.15) is 0 Å². The van der Waals surface area contributed by atoms with Gasteiger partial charge in [0.25, 0.3) is 0 Å². The van der Waals surface area contributed by atoms with Crippen LogP contribution in [0.2, 0.25) is 0 Å². The van der Waals surface area contributed by atoms with E-state index in [0.29, 0.717) is 0 Å². The zero-order chi connectivity index (χ0) is 10.5. The predicted molar refractivity (Wildman–Crippen MR) is 65.0 cm³/mol. The molecule has 0 spiro atoms. The van der Waals surface area contributed by atoms with Gasteiger partial charge in [0.2, 0.25) is 0 Å². The van der Waals surface area contributed by atoms with Crippen molar-refractivity contribution in [3.8, 4) is 0 Å². The molecule has 0 aromatic heterocycles. The number of hydrogen-bond acceptors (Lipinski definition) is 2. The lowest BCUT2D eigenvalue weighted by atomic mass is 9.98. The standard InChI is InChI=1S/C13H24N2/c1-12-4-9-15(10-5-12)11-6-13-2-7-14-8-3-13/h2,12,14H,3-11H2,1H3. The second-order valence-corrected chi connectivity index (χ2v) is 5.09. The Labute approximate surface area is 93.7 Å². The second kappa shape index (κ2) is 5.66. The molecule has 2 nitrogen and oxygen atoms in total. The van der Waals surface area contributed by atoms with Gasteiger partial charge >= 0.3 is 0 Å². The molecular formula is C13H24N2. The Kier molecular flexibility index (Phi) is 4.21. The van der Waals surface area contributed by atoms with Crippen molar-refractivity contribution in [3.05, 3.63) is 11.6 Å². The number of piperidine rings is 1. The van der Waals surface area contributed by atoms with E-state index in [1.165, 1.54) is 51.9 Å². The first-order valence-corrected chi connectivity index (χ1v) is 6.45. The average Bonchev–Trinajstić information content (AvgIpc) is 2.30. The van der Waals surface area contributed by atoms with Crippen molar-refractivity contribution in [2.24, 2.45) is 5.92 Å². The molecule has 0 saturated carbocycles. The van der Waals surface area contributed by atoms with E-state index in [4.69, 9.17) is 0 Å². The number of nitrogens with zero attached hydrogens (tertiary/aromatic N) is 1. The highest BCUT2D eigenvalue weighted by Crippen LogP contribution is 2.17. The van der Waals surface area contributed by atoms with E-state index in [1.807, 2.05) is 0 Å². The summed E-state index contributed by atoms with van der Waals surface area (Å²) in [5, 5.41) is 3.37. The Bertz CT molecular complexity index is 215. The van der Waals surface area contributed by atoms with Crippen molar-refractivity contribution < 1.29 is 0 Å². The Morgan fingerprint density at radius 2 is 2.20 bits per heavy atom. The fourth-order valence-corrected chi connectivity index (χ4v) is 2.48. The second-order valence-electron chi connectivity index (χ2n) is 5.09. The molecule has 1 N–H and O–H groups in total. The average molecular weight is 208 g/mol. The van der Waals surface area contributed by atoms with E-state index in [1.54, 1.807) is 5.57 Å². The van der Waals surface area contributed by atoms with Gasteiger partial charge < -0.3 is 10.2 Å². The summed E-state index contributed by atoms with van der Waals surface area (Å²) in [6.45, 7) is 8.60. The summed E-state index contributed by atoms with van der Waals surface area (Å²) in [6.07, 6.45) is 7.76. The Hall–Kier alpha value is -0.340. The lowest BCUT2D eigenvalue weighted by molar-refractivity contribution is 0.194. The Morgan fingerprint density at radius 1 is 1.40 bits per heavy atom. The van der Waals surface area contributed by atoms with Crippen LogP contribution in [0.5, 0.6) is 0 Å². The molecule has 0 aromatic rings. The third-order valence-electron chi connectivity index (χ3n) is 3.78. The molecule has 15 heavy (non-hydrogen) atoms. The van der Waals surface area contributed by atoms with Gasteiger partial charge in [-0.15, -0.1) is 0 Å². The third-order valence-corrected chi connectivity index (χ3v) is 3.78. The maximum Gasteiger partial charge on any atom is 0.0137 e. The maximum atomic E-state index is 3.37. The van der Waals surface area contributed by atoms with E-state index in [9.17, 15) is 0 Å². The molecule has 0 radical (unpaired) electrons. The summed E-state index contributed by atoms with van der Waals surface area (Å²) < 4.78 is 0. The minimum Gasteiger partial charge on any atom is -0.313 e. The monoisotopic (exact) mass is 208 g/mol. The first-order chi connectivity index (χ1) is 7.34. The molecule has 0 unspecified atom stereocenters. The fraction of sp³-hybridized carbons (Fsp3) is 0.846. The van der Waals surface area contributed by atoms with Gasteiger partial charge in [0.1, 0.15) is 0 Å². The Balaban J connectivity index is 1.67. The van der Waals surface area contributed by atoms with Gasteiger partial charge in [0, 0.05) is 13.1 Å². The highest BCUT2D eigenvalue weighted by molar-refractivity contribution is 5.07. The van der Waals surface area contributed by atoms with Crippen molar-refractivity contribution in [1.82, 2.24) is 10.2 Å². The van der Waals surface area contributed by atoms with Crippen LogP contribution in [0.15, 0.2) is 11.6 Å². The predicted octanol–water partition coefficient (Wildman–Crippen LogP) is 2.03. The smallest absolute Gasteiger partial charge is 0.0137 e. The van der Waals surface area contributed by atoms with E-state index < -0.39 is 0 Å². The van der Waals surface area contributed by atoms with Crippen LogP contribution in [0, 0.1) is 5.92 Å². The summed E-state index contributed by atoms with van der Waals surface area (Å²) in [5.41, 5.74) is 1.67. The molecule has 0 aromatic carbocycles. The molecule has 2 aliphatic heterocycles.